The van der Waals surface area contributed by atoms with Crippen LogP contribution in [0.25, 0.3) is 0 Å². The summed E-state index contributed by atoms with van der Waals surface area (Å²) in [6.45, 7) is 1.37. The van der Waals surface area contributed by atoms with Crippen LogP contribution in [0.3, 0.4) is 0 Å². The minimum atomic E-state index is -4.50. The number of anilines is 1. The fraction of sp³-hybridized carbons (Fsp3) is 0.286. The Balaban J connectivity index is 2.01. The Kier molecular flexibility index (Phi) is 3.19. The number of rotatable bonds is 2. The summed E-state index contributed by atoms with van der Waals surface area (Å²) in [4.78, 5) is 16.5. The second-order valence-electron chi connectivity index (χ2n) is 4.85. The highest BCUT2D eigenvalue weighted by molar-refractivity contribution is 5.77. The van der Waals surface area contributed by atoms with Gasteiger partial charge in [0.25, 0.3) is 0 Å². The van der Waals surface area contributed by atoms with Gasteiger partial charge in [0.05, 0.1) is 12.1 Å². The van der Waals surface area contributed by atoms with Crippen molar-refractivity contribution >= 4 is 12.0 Å². The van der Waals surface area contributed by atoms with Gasteiger partial charge in [-0.25, -0.2) is 4.98 Å². The van der Waals surface area contributed by atoms with Gasteiger partial charge in [-0.15, -0.1) is 0 Å². The van der Waals surface area contributed by atoms with Gasteiger partial charge in [-0.05, 0) is 18.2 Å². The lowest BCUT2D eigenvalue weighted by Gasteiger charge is -2.31. The van der Waals surface area contributed by atoms with E-state index in [0.29, 0.717) is 25.9 Å². The van der Waals surface area contributed by atoms with Crippen molar-refractivity contribution in [3.63, 3.8) is 0 Å². The van der Waals surface area contributed by atoms with E-state index < -0.39 is 11.7 Å². The van der Waals surface area contributed by atoms with Crippen molar-refractivity contribution in [3.8, 4) is 0 Å². The molecule has 2 aromatic rings. The van der Waals surface area contributed by atoms with Gasteiger partial charge in [0.15, 0.2) is 0 Å². The fourth-order valence-electron chi connectivity index (χ4n) is 2.51. The van der Waals surface area contributed by atoms with E-state index in [2.05, 4.69) is 4.98 Å². The minimum absolute atomic E-state index is 0.0181. The molecule has 0 saturated heterocycles. The Morgan fingerprint density at radius 1 is 1.24 bits per heavy atom. The lowest BCUT2D eigenvalue weighted by atomic mass is 10.1. The molecule has 1 aliphatic rings. The van der Waals surface area contributed by atoms with E-state index in [0.717, 1.165) is 11.9 Å². The van der Waals surface area contributed by atoms with Crippen molar-refractivity contribution in [2.45, 2.75) is 19.3 Å². The predicted molar refractivity (Wildman–Crippen MR) is 70.1 cm³/mol. The second-order valence-corrected chi connectivity index (χ2v) is 4.85. The number of alkyl halides is 3. The van der Waals surface area contributed by atoms with Crippen LogP contribution in [0.1, 0.15) is 21.7 Å². The van der Waals surface area contributed by atoms with Crippen LogP contribution < -0.4 is 4.90 Å². The summed E-state index contributed by atoms with van der Waals surface area (Å²) in [6, 6.07) is 3.65. The van der Waals surface area contributed by atoms with Crippen molar-refractivity contribution in [3.05, 3.63) is 47.5 Å². The smallest absolute Gasteiger partial charge is 0.362 e. The van der Waals surface area contributed by atoms with Crippen LogP contribution in [0.4, 0.5) is 18.9 Å². The first-order valence-electron chi connectivity index (χ1n) is 6.40. The van der Waals surface area contributed by atoms with Gasteiger partial charge < -0.3 is 9.47 Å². The highest BCUT2D eigenvalue weighted by atomic mass is 19.4. The maximum Gasteiger partial charge on any atom is 0.418 e. The zero-order valence-corrected chi connectivity index (χ0v) is 11.0. The molecule has 4 nitrogen and oxygen atoms in total. The van der Waals surface area contributed by atoms with Crippen LogP contribution in [-0.2, 0) is 19.3 Å². The molecule has 1 aliphatic heterocycles. The Labute approximate surface area is 118 Å². The molecule has 0 saturated carbocycles. The molecule has 0 unspecified atom stereocenters. The van der Waals surface area contributed by atoms with E-state index >= 15 is 0 Å². The molecular weight excluding hydrogens is 283 g/mol. The third-order valence-electron chi connectivity index (χ3n) is 3.55. The average Bonchev–Trinajstić information content (AvgIpc) is 2.93. The summed E-state index contributed by atoms with van der Waals surface area (Å²) in [5.41, 5.74) is -0.681. The molecule has 0 radical (unpaired) electrons. The molecule has 1 aromatic carbocycles. The average molecular weight is 295 g/mol. The maximum absolute atomic E-state index is 13.2. The number of imidazole rings is 1. The number of hydrogen-bond acceptors (Lipinski definition) is 3. The van der Waals surface area contributed by atoms with E-state index in [1.165, 1.54) is 12.1 Å². The van der Waals surface area contributed by atoms with Gasteiger partial charge in [0.2, 0.25) is 0 Å². The number of fused-ring (bicyclic) bond motifs is 1. The molecule has 0 atom stereocenters. The molecular formula is C14H12F3N3O. The second kappa shape index (κ2) is 4.91. The molecule has 0 aliphatic carbocycles. The van der Waals surface area contributed by atoms with Crippen LogP contribution in [0.15, 0.2) is 30.6 Å². The first kappa shape index (κ1) is 13.7. The highest BCUT2D eigenvalue weighted by Gasteiger charge is 2.35. The lowest BCUT2D eigenvalue weighted by molar-refractivity contribution is -0.137. The van der Waals surface area contributed by atoms with Crippen molar-refractivity contribution in [2.75, 3.05) is 11.4 Å². The third kappa shape index (κ3) is 2.51. The molecule has 2 heterocycles. The number of hydrogen-bond donors (Lipinski definition) is 0. The van der Waals surface area contributed by atoms with E-state index in [1.807, 2.05) is 10.8 Å². The Morgan fingerprint density at radius 2 is 2.05 bits per heavy atom. The van der Waals surface area contributed by atoms with Gasteiger partial charge in [-0.1, -0.05) is 0 Å². The summed E-state index contributed by atoms with van der Waals surface area (Å²) in [6.07, 6.45) is -0.630. The van der Waals surface area contributed by atoms with Crippen LogP contribution in [0.5, 0.6) is 0 Å². The zero-order valence-electron chi connectivity index (χ0n) is 11.0. The number of aromatic nitrogens is 2. The fourth-order valence-corrected chi connectivity index (χ4v) is 2.51. The maximum atomic E-state index is 13.2. The van der Waals surface area contributed by atoms with E-state index in [1.54, 1.807) is 11.1 Å². The number of nitrogens with zero attached hydrogens (tertiary/aromatic N) is 3. The molecule has 1 aromatic heterocycles. The quantitative estimate of drug-likeness (QED) is 0.800. The SMILES string of the molecule is O=Cc1ccc(N2CCn3ccnc3C2)c(C(F)(F)F)c1. The van der Waals surface area contributed by atoms with Crippen molar-refractivity contribution in [2.24, 2.45) is 0 Å². The highest BCUT2D eigenvalue weighted by Crippen LogP contribution is 2.38. The topological polar surface area (TPSA) is 38.1 Å². The molecule has 7 heteroatoms. The number of benzene rings is 1. The van der Waals surface area contributed by atoms with Crippen molar-refractivity contribution in [1.29, 1.82) is 0 Å². The summed E-state index contributed by atoms with van der Waals surface area (Å²) < 4.78 is 41.5. The molecule has 0 spiro atoms. The minimum Gasteiger partial charge on any atom is -0.362 e. The van der Waals surface area contributed by atoms with Crippen LogP contribution >= 0.6 is 0 Å². The molecule has 3 rings (SSSR count). The monoisotopic (exact) mass is 295 g/mol. The zero-order chi connectivity index (χ0) is 15.0. The largest absolute Gasteiger partial charge is 0.418 e. The molecule has 0 amide bonds. The van der Waals surface area contributed by atoms with Crippen molar-refractivity contribution in [1.82, 2.24) is 9.55 Å². The predicted octanol–water partition coefficient (Wildman–Crippen LogP) is 2.73. The number of halogens is 3. The molecule has 0 fully saturated rings. The number of carbonyl (C=O) groups is 1. The Bertz CT molecular complexity index is 678. The molecule has 110 valence electrons. The van der Waals surface area contributed by atoms with E-state index in [-0.39, 0.29) is 11.3 Å². The van der Waals surface area contributed by atoms with Crippen molar-refractivity contribution < 1.29 is 18.0 Å². The van der Waals surface area contributed by atoms with Gasteiger partial charge in [-0.3, -0.25) is 4.79 Å². The van der Waals surface area contributed by atoms with Gasteiger partial charge in [-0.2, -0.15) is 13.2 Å². The summed E-state index contributed by atoms with van der Waals surface area (Å²) in [5.74, 6) is 0.730. The standard InChI is InChI=1S/C14H12F3N3O/c15-14(16,17)11-7-10(9-21)1-2-12(11)20-6-5-19-4-3-18-13(19)8-20/h1-4,7,9H,5-6,8H2. The van der Waals surface area contributed by atoms with Gasteiger partial charge in [0.1, 0.15) is 12.1 Å². The number of carbonyl (C=O) groups excluding carboxylic acids is 1. The van der Waals surface area contributed by atoms with Crippen LogP contribution in [-0.4, -0.2) is 22.4 Å². The summed E-state index contributed by atoms with van der Waals surface area (Å²) >= 11 is 0. The van der Waals surface area contributed by atoms with Crippen LogP contribution in [0.2, 0.25) is 0 Å². The number of aldehydes is 1. The molecule has 21 heavy (non-hydrogen) atoms. The molecule has 0 N–H and O–H groups in total. The first-order valence-corrected chi connectivity index (χ1v) is 6.40. The van der Waals surface area contributed by atoms with Crippen LogP contribution in [0, 0.1) is 0 Å². The molecule has 0 bridgehead atoms. The van der Waals surface area contributed by atoms with E-state index in [4.69, 9.17) is 0 Å². The third-order valence-corrected chi connectivity index (χ3v) is 3.55. The lowest BCUT2D eigenvalue weighted by Crippen LogP contribution is -2.35. The van der Waals surface area contributed by atoms with Gasteiger partial charge >= 0.3 is 6.18 Å². The normalized spacial score (nSPS) is 14.9. The van der Waals surface area contributed by atoms with E-state index in [9.17, 15) is 18.0 Å². The summed E-state index contributed by atoms with van der Waals surface area (Å²) in [7, 11) is 0. The van der Waals surface area contributed by atoms with Gasteiger partial charge in [0, 0.05) is 36.7 Å². The Morgan fingerprint density at radius 3 is 2.76 bits per heavy atom. The Hall–Kier alpha value is -2.31. The summed E-state index contributed by atoms with van der Waals surface area (Å²) in [5, 5.41) is 0. The first-order chi connectivity index (χ1) is 9.99.